The number of anilines is 1. The zero-order valence-electron chi connectivity index (χ0n) is 19.4. The summed E-state index contributed by atoms with van der Waals surface area (Å²) in [5, 5.41) is 20.5. The number of rotatable bonds is 6. The lowest BCUT2D eigenvalue weighted by Gasteiger charge is -2.38. The number of pyridine rings is 1. The van der Waals surface area contributed by atoms with Crippen LogP contribution in [0, 0.1) is 11.3 Å². The van der Waals surface area contributed by atoms with Gasteiger partial charge >= 0.3 is 11.9 Å². The number of likely N-dealkylation sites (N-methyl/N-ethyl adjacent to an activating group) is 1. The normalized spacial score (nSPS) is 19.4. The molecule has 2 saturated heterocycles. The van der Waals surface area contributed by atoms with Crippen LogP contribution in [0.25, 0.3) is 17.3 Å². The van der Waals surface area contributed by atoms with Gasteiger partial charge in [0.25, 0.3) is 0 Å². The van der Waals surface area contributed by atoms with E-state index in [-0.39, 0.29) is 6.61 Å². The van der Waals surface area contributed by atoms with E-state index in [1.165, 1.54) is 0 Å². The first-order valence-corrected chi connectivity index (χ1v) is 13.2. The Morgan fingerprint density at radius 2 is 1.89 bits per heavy atom. The molecule has 0 saturated carbocycles. The van der Waals surface area contributed by atoms with Crippen molar-refractivity contribution in [3.8, 4) is 17.3 Å². The number of carbonyl (C=O) groups excluding carboxylic acids is 2. The third kappa shape index (κ3) is 4.16. The van der Waals surface area contributed by atoms with E-state index in [0.29, 0.717) is 34.8 Å². The molecule has 1 spiro atoms. The summed E-state index contributed by atoms with van der Waals surface area (Å²) in [6, 6.07) is 9.78. The fourth-order valence-electron chi connectivity index (χ4n) is 4.60. The molecule has 4 heterocycles. The highest BCUT2D eigenvalue weighted by atomic mass is 32.3. The highest BCUT2D eigenvalue weighted by molar-refractivity contribution is 8.29. The predicted molar refractivity (Wildman–Crippen MR) is 131 cm³/mol. The average molecular weight is 495 g/mol. The molecule has 0 amide bonds. The van der Waals surface area contributed by atoms with Gasteiger partial charge in [-0.3, -0.25) is 0 Å². The van der Waals surface area contributed by atoms with E-state index in [1.54, 1.807) is 5.41 Å². The molecular weight excluding hydrogens is 468 g/mol. The summed E-state index contributed by atoms with van der Waals surface area (Å²) >= 11 is 0. The third-order valence-corrected chi connectivity index (χ3v) is 8.79. The molecular formula is C25H26N4O5S. The molecule has 2 fully saturated rings. The van der Waals surface area contributed by atoms with Crippen LogP contribution in [0.2, 0.25) is 0 Å². The van der Waals surface area contributed by atoms with Gasteiger partial charge in [-0.25, -0.2) is 14.6 Å². The van der Waals surface area contributed by atoms with Crippen molar-refractivity contribution in [2.24, 2.45) is 0 Å². The minimum Gasteiger partial charge on any atom is -0.396 e. The van der Waals surface area contributed by atoms with Gasteiger partial charge in [-0.15, -0.1) is 0 Å². The standard InChI is InChI=1S/C25H26N4O5S/c1-2-28-8-10-29(11-9-28)23-22-19(7-13-35(22)33-24(31)25(32)34-35)15-21(27-23)18-6-5-17(4-3-12-30)20(14-18)16-26/h5-7,13-15,30H,2-4,8-12H2,1H3. The molecule has 5 rings (SSSR count). The summed E-state index contributed by atoms with van der Waals surface area (Å²) in [7, 11) is -2.68. The van der Waals surface area contributed by atoms with Gasteiger partial charge in [-0.05, 0) is 43.2 Å². The van der Waals surface area contributed by atoms with E-state index in [1.807, 2.05) is 30.3 Å². The maximum absolute atomic E-state index is 12.0. The Morgan fingerprint density at radius 1 is 1.14 bits per heavy atom. The van der Waals surface area contributed by atoms with E-state index in [0.717, 1.165) is 49.4 Å². The first-order chi connectivity index (χ1) is 17.0. The monoisotopic (exact) mass is 494 g/mol. The Kier molecular flexibility index (Phi) is 6.23. The number of aryl methyl sites for hydroxylation is 1. The maximum Gasteiger partial charge on any atom is 0.441 e. The van der Waals surface area contributed by atoms with Crippen LogP contribution in [0.5, 0.6) is 0 Å². The summed E-state index contributed by atoms with van der Waals surface area (Å²) in [6.45, 7) is 6.36. The van der Waals surface area contributed by atoms with Crippen LogP contribution in [-0.4, -0.2) is 66.3 Å². The Morgan fingerprint density at radius 3 is 2.54 bits per heavy atom. The molecule has 3 aliphatic heterocycles. The second-order valence-corrected chi connectivity index (χ2v) is 10.7. The number of piperazine rings is 1. The number of carbonyl (C=O) groups is 2. The summed E-state index contributed by atoms with van der Waals surface area (Å²) in [6.07, 6.45) is 3.02. The molecule has 0 unspecified atom stereocenters. The van der Waals surface area contributed by atoms with Crippen LogP contribution in [0.15, 0.2) is 34.6 Å². The summed E-state index contributed by atoms with van der Waals surface area (Å²) < 4.78 is 11.0. The minimum absolute atomic E-state index is 0.0687. The van der Waals surface area contributed by atoms with Gasteiger partial charge in [0.1, 0.15) is 4.90 Å². The van der Waals surface area contributed by atoms with Crippen LogP contribution < -0.4 is 4.90 Å². The zero-order valence-corrected chi connectivity index (χ0v) is 20.2. The van der Waals surface area contributed by atoms with Crippen molar-refractivity contribution in [1.82, 2.24) is 9.88 Å². The van der Waals surface area contributed by atoms with Crippen molar-refractivity contribution in [3.63, 3.8) is 0 Å². The molecule has 182 valence electrons. The fourth-order valence-corrected chi connectivity index (χ4v) is 6.84. The first-order valence-electron chi connectivity index (χ1n) is 11.6. The van der Waals surface area contributed by atoms with Crippen LogP contribution in [0.4, 0.5) is 5.82 Å². The van der Waals surface area contributed by atoms with Gasteiger partial charge in [0.2, 0.25) is 0 Å². The van der Waals surface area contributed by atoms with Crippen LogP contribution >= 0.6 is 10.6 Å². The smallest absolute Gasteiger partial charge is 0.396 e. The molecule has 9 nitrogen and oxygen atoms in total. The van der Waals surface area contributed by atoms with E-state index < -0.39 is 22.5 Å². The van der Waals surface area contributed by atoms with Gasteiger partial charge in [-0.2, -0.15) is 5.26 Å². The largest absolute Gasteiger partial charge is 0.441 e. The van der Waals surface area contributed by atoms with Crippen molar-refractivity contribution in [2.45, 2.75) is 24.7 Å². The maximum atomic E-state index is 12.0. The third-order valence-electron chi connectivity index (χ3n) is 6.51. The Balaban J connectivity index is 1.59. The van der Waals surface area contributed by atoms with E-state index in [4.69, 9.17) is 18.5 Å². The predicted octanol–water partition coefficient (Wildman–Crippen LogP) is 2.76. The number of aliphatic hydroxyl groups excluding tert-OH is 1. The molecule has 0 atom stereocenters. The lowest BCUT2D eigenvalue weighted by Crippen LogP contribution is -2.46. The number of aromatic nitrogens is 1. The molecule has 10 heteroatoms. The number of nitriles is 1. The molecule has 0 aliphatic carbocycles. The van der Waals surface area contributed by atoms with E-state index in [2.05, 4.69) is 22.8 Å². The fraction of sp³-hybridized carbons (Fsp3) is 0.360. The van der Waals surface area contributed by atoms with E-state index in [9.17, 15) is 14.9 Å². The van der Waals surface area contributed by atoms with Crippen LogP contribution in [0.3, 0.4) is 0 Å². The number of aliphatic hydroxyl groups is 1. The number of fused-ring (bicyclic) bond motifs is 2. The van der Waals surface area contributed by atoms with Gasteiger partial charge in [0, 0.05) is 43.9 Å². The van der Waals surface area contributed by atoms with Crippen molar-refractivity contribution >= 4 is 34.4 Å². The molecule has 1 aromatic heterocycles. The highest BCUT2D eigenvalue weighted by Crippen LogP contribution is 2.69. The number of nitrogens with zero attached hydrogens (tertiary/aromatic N) is 4. The summed E-state index contributed by atoms with van der Waals surface area (Å²) in [5.74, 6) is -1.33. The molecule has 1 aromatic carbocycles. The second kappa shape index (κ2) is 9.34. The number of hydrogen-bond acceptors (Lipinski definition) is 9. The van der Waals surface area contributed by atoms with E-state index >= 15 is 0 Å². The van der Waals surface area contributed by atoms with Crippen molar-refractivity contribution in [1.29, 1.82) is 5.26 Å². The van der Waals surface area contributed by atoms with Gasteiger partial charge < -0.3 is 23.3 Å². The number of benzene rings is 1. The molecule has 1 N–H and O–H groups in total. The highest BCUT2D eigenvalue weighted by Gasteiger charge is 2.47. The van der Waals surface area contributed by atoms with Gasteiger partial charge in [0.15, 0.2) is 5.82 Å². The lowest BCUT2D eigenvalue weighted by atomic mass is 9.99. The summed E-state index contributed by atoms with van der Waals surface area (Å²) in [4.78, 5) is 34.1. The van der Waals surface area contributed by atoms with Crippen LogP contribution in [-0.2, 0) is 24.4 Å². The molecule has 3 aliphatic rings. The molecule has 35 heavy (non-hydrogen) atoms. The molecule has 0 bridgehead atoms. The molecule has 0 radical (unpaired) electrons. The van der Waals surface area contributed by atoms with Gasteiger partial charge in [-0.1, -0.05) is 29.6 Å². The lowest BCUT2D eigenvalue weighted by molar-refractivity contribution is -0.150. The topological polar surface area (TPSA) is 116 Å². The second-order valence-electron chi connectivity index (χ2n) is 8.57. The zero-order chi connectivity index (χ0) is 24.6. The first kappa shape index (κ1) is 23.4. The SMILES string of the molecule is CCN1CCN(c2nc(-c3ccc(CCCO)c(C#N)c3)cc3c2S2(C=C3)OC(=O)C(=O)O2)CC1. The average Bonchev–Trinajstić information content (AvgIpc) is 3.39. The van der Waals surface area contributed by atoms with Crippen molar-refractivity contribution < 1.29 is 23.1 Å². The Labute approximate surface area is 205 Å². The van der Waals surface area contributed by atoms with Gasteiger partial charge in [0.05, 0.1) is 22.7 Å². The Hall–Kier alpha value is -3.39. The van der Waals surface area contributed by atoms with Crippen LogP contribution in [0.1, 0.15) is 30.0 Å². The number of hydrogen-bond donors (Lipinski definition) is 1. The Bertz CT molecular complexity index is 1250. The summed E-state index contributed by atoms with van der Waals surface area (Å²) in [5.41, 5.74) is 3.68. The molecule has 2 aromatic rings. The minimum atomic E-state index is -2.68. The van der Waals surface area contributed by atoms with Crippen molar-refractivity contribution in [2.75, 3.05) is 44.2 Å². The quantitative estimate of drug-likeness (QED) is 0.605. The van der Waals surface area contributed by atoms with Crippen molar-refractivity contribution in [3.05, 3.63) is 46.4 Å².